The van der Waals surface area contributed by atoms with Gasteiger partial charge in [0.15, 0.2) is 0 Å². The molecule has 8 heteroatoms. The van der Waals surface area contributed by atoms with E-state index >= 15 is 0 Å². The highest BCUT2D eigenvalue weighted by atomic mass is 19.1. The molecule has 7 nitrogen and oxygen atoms in total. The van der Waals surface area contributed by atoms with Crippen LogP contribution in [0.4, 0.5) is 10.1 Å². The number of nitrogens with one attached hydrogen (secondary N) is 3. The molecular formula is C27H22FN7. The Balaban J connectivity index is 1.46. The smallest absolute Gasteiger partial charge is 0.131 e. The largest absolute Gasteiger partial charge is 0.382 e. The minimum absolute atomic E-state index is 0.284. The van der Waals surface area contributed by atoms with Crippen molar-refractivity contribution in [1.29, 1.82) is 0 Å². The third kappa shape index (κ3) is 3.78. The number of pyridine rings is 3. The summed E-state index contributed by atoms with van der Waals surface area (Å²) < 4.78 is 14.5. The molecule has 0 radical (unpaired) electrons. The van der Waals surface area contributed by atoms with Gasteiger partial charge in [-0.25, -0.2) is 4.39 Å². The van der Waals surface area contributed by atoms with Crippen LogP contribution in [0.1, 0.15) is 13.8 Å². The Kier molecular flexibility index (Phi) is 4.99. The number of rotatable bonds is 5. The second kappa shape index (κ2) is 8.32. The molecule has 0 aliphatic heterocycles. The molecule has 0 spiro atoms. The predicted molar refractivity (Wildman–Crippen MR) is 136 cm³/mol. The van der Waals surface area contributed by atoms with Crippen LogP contribution in [0.5, 0.6) is 0 Å². The maximum Gasteiger partial charge on any atom is 0.131 e. The third-order valence-corrected chi connectivity index (χ3v) is 5.90. The third-order valence-electron chi connectivity index (χ3n) is 5.90. The second-order valence-electron chi connectivity index (χ2n) is 8.76. The van der Waals surface area contributed by atoms with Crippen molar-refractivity contribution in [2.24, 2.45) is 0 Å². The van der Waals surface area contributed by atoms with Gasteiger partial charge in [0.25, 0.3) is 0 Å². The number of benzene rings is 1. The molecule has 0 unspecified atom stereocenters. The maximum atomic E-state index is 14.5. The fourth-order valence-electron chi connectivity index (χ4n) is 4.35. The van der Waals surface area contributed by atoms with Crippen LogP contribution in [0.2, 0.25) is 0 Å². The zero-order valence-electron chi connectivity index (χ0n) is 19.2. The van der Waals surface area contributed by atoms with Crippen molar-refractivity contribution in [3.63, 3.8) is 0 Å². The monoisotopic (exact) mass is 463 g/mol. The number of nitrogens with zero attached hydrogens (tertiary/aromatic N) is 4. The lowest BCUT2D eigenvalue weighted by molar-refractivity contribution is 0.631. The number of hydrogen-bond acceptors (Lipinski definition) is 5. The van der Waals surface area contributed by atoms with Crippen LogP contribution in [0.3, 0.4) is 0 Å². The number of hydrogen-bond donors (Lipinski definition) is 3. The van der Waals surface area contributed by atoms with Crippen LogP contribution in [0, 0.1) is 5.82 Å². The van der Waals surface area contributed by atoms with E-state index in [0.717, 1.165) is 55.7 Å². The first-order valence-corrected chi connectivity index (χ1v) is 11.3. The van der Waals surface area contributed by atoms with Crippen molar-refractivity contribution < 1.29 is 4.39 Å². The fourth-order valence-corrected chi connectivity index (χ4v) is 4.35. The molecule has 0 bridgehead atoms. The molecule has 0 atom stereocenters. The van der Waals surface area contributed by atoms with E-state index in [0.29, 0.717) is 11.6 Å². The van der Waals surface area contributed by atoms with E-state index < -0.39 is 0 Å². The fraction of sp³-hybridized carbons (Fsp3) is 0.111. The molecule has 172 valence electrons. The Hall–Kier alpha value is -4.59. The van der Waals surface area contributed by atoms with Gasteiger partial charge in [-0.3, -0.25) is 20.1 Å². The highest BCUT2D eigenvalue weighted by Gasteiger charge is 2.16. The lowest BCUT2D eigenvalue weighted by Crippen LogP contribution is -2.09. The van der Waals surface area contributed by atoms with Crippen LogP contribution in [0.25, 0.3) is 55.6 Å². The molecule has 5 aromatic heterocycles. The molecule has 0 aliphatic rings. The summed E-state index contributed by atoms with van der Waals surface area (Å²) in [6.07, 6.45) is 8.81. The molecule has 0 saturated heterocycles. The Bertz CT molecular complexity index is 1680. The van der Waals surface area contributed by atoms with E-state index in [9.17, 15) is 4.39 Å². The Labute approximate surface area is 200 Å². The number of halogens is 1. The van der Waals surface area contributed by atoms with E-state index in [2.05, 4.69) is 49.3 Å². The van der Waals surface area contributed by atoms with Crippen LogP contribution in [-0.4, -0.2) is 36.2 Å². The van der Waals surface area contributed by atoms with Gasteiger partial charge in [0, 0.05) is 52.1 Å². The zero-order valence-corrected chi connectivity index (χ0v) is 19.2. The Morgan fingerprint density at radius 3 is 2.57 bits per heavy atom. The molecular weight excluding hydrogens is 441 g/mol. The van der Waals surface area contributed by atoms with Crippen molar-refractivity contribution in [3.8, 4) is 33.8 Å². The molecule has 6 aromatic rings. The van der Waals surface area contributed by atoms with E-state index in [1.54, 1.807) is 43.1 Å². The van der Waals surface area contributed by atoms with Crippen LogP contribution in [-0.2, 0) is 0 Å². The van der Waals surface area contributed by atoms with Gasteiger partial charge in [-0.1, -0.05) is 18.2 Å². The molecule has 0 saturated carbocycles. The normalized spacial score (nSPS) is 11.5. The molecule has 5 heterocycles. The molecule has 0 fully saturated rings. The second-order valence-corrected chi connectivity index (χ2v) is 8.76. The van der Waals surface area contributed by atoms with Gasteiger partial charge in [-0.2, -0.15) is 5.10 Å². The summed E-state index contributed by atoms with van der Waals surface area (Å²) in [4.78, 5) is 16.7. The van der Waals surface area contributed by atoms with Crippen LogP contribution < -0.4 is 5.32 Å². The summed E-state index contributed by atoms with van der Waals surface area (Å²) in [6, 6.07) is 13.1. The molecule has 0 amide bonds. The van der Waals surface area contributed by atoms with Gasteiger partial charge in [-0.05, 0) is 38.1 Å². The zero-order chi connectivity index (χ0) is 23.9. The quantitative estimate of drug-likeness (QED) is 0.283. The number of H-pyrrole nitrogens is 2. The van der Waals surface area contributed by atoms with Gasteiger partial charge < -0.3 is 10.3 Å². The van der Waals surface area contributed by atoms with Gasteiger partial charge in [0.2, 0.25) is 0 Å². The predicted octanol–water partition coefficient (Wildman–Crippen LogP) is 6.19. The van der Waals surface area contributed by atoms with Gasteiger partial charge in [-0.15, -0.1) is 0 Å². The standard InChI is InChI=1S/C27H22FN7/c1-15(2)32-17-7-16(10-29-11-17)23-9-20-26(14-31-23)34-35-27(20)24-8-19-21(12-30-13-25(19)33-24)18-5-3-4-6-22(18)28/h3-15,32-33H,1-2H3,(H,34,35). The van der Waals surface area contributed by atoms with Gasteiger partial charge in [0.05, 0.1) is 40.5 Å². The molecule has 6 rings (SSSR count). The molecule has 0 aliphatic carbocycles. The van der Waals surface area contributed by atoms with Gasteiger partial charge in [0.1, 0.15) is 11.5 Å². The van der Waals surface area contributed by atoms with E-state index in [1.165, 1.54) is 6.07 Å². The Morgan fingerprint density at radius 1 is 0.857 bits per heavy atom. The highest BCUT2D eigenvalue weighted by molar-refractivity contribution is 6.01. The summed E-state index contributed by atoms with van der Waals surface area (Å²) in [5.74, 6) is -0.284. The molecule has 1 aromatic carbocycles. The SMILES string of the molecule is CC(C)Nc1cncc(-c2cc3c(-c4cc5c(-c6ccccc6F)cncc5[nH]4)n[nH]c3cn2)c1. The average molecular weight is 464 g/mol. The van der Waals surface area contributed by atoms with E-state index in [4.69, 9.17) is 0 Å². The summed E-state index contributed by atoms with van der Waals surface area (Å²) in [6.45, 7) is 4.17. The first kappa shape index (κ1) is 21.0. The number of aromatic nitrogens is 6. The highest BCUT2D eigenvalue weighted by Crippen LogP contribution is 2.35. The first-order valence-electron chi connectivity index (χ1n) is 11.3. The number of aromatic amines is 2. The van der Waals surface area contributed by atoms with Gasteiger partial charge >= 0.3 is 0 Å². The topological polar surface area (TPSA) is 95.2 Å². The molecule has 35 heavy (non-hydrogen) atoms. The molecule has 3 N–H and O–H groups in total. The summed E-state index contributed by atoms with van der Waals surface area (Å²) in [7, 11) is 0. The maximum absolute atomic E-state index is 14.5. The minimum Gasteiger partial charge on any atom is -0.382 e. The van der Waals surface area contributed by atoms with Crippen LogP contribution in [0.15, 0.2) is 73.4 Å². The van der Waals surface area contributed by atoms with Crippen molar-refractivity contribution in [3.05, 3.63) is 79.3 Å². The van der Waals surface area contributed by atoms with Crippen molar-refractivity contribution >= 4 is 27.5 Å². The summed E-state index contributed by atoms with van der Waals surface area (Å²) >= 11 is 0. The lowest BCUT2D eigenvalue weighted by atomic mass is 10.0. The van der Waals surface area contributed by atoms with Crippen molar-refractivity contribution in [1.82, 2.24) is 30.1 Å². The summed E-state index contributed by atoms with van der Waals surface area (Å²) in [5, 5.41) is 12.8. The average Bonchev–Trinajstić information content (AvgIpc) is 3.47. The minimum atomic E-state index is -0.284. The van der Waals surface area contributed by atoms with Crippen molar-refractivity contribution in [2.75, 3.05) is 5.32 Å². The van der Waals surface area contributed by atoms with Crippen molar-refractivity contribution in [2.45, 2.75) is 19.9 Å². The van der Waals surface area contributed by atoms with E-state index in [1.807, 2.05) is 24.3 Å². The summed E-state index contributed by atoms with van der Waals surface area (Å²) in [5.41, 5.74) is 7.07. The van der Waals surface area contributed by atoms with E-state index in [-0.39, 0.29) is 5.82 Å². The van der Waals surface area contributed by atoms with Crippen LogP contribution >= 0.6 is 0 Å². The number of fused-ring (bicyclic) bond motifs is 2. The number of anilines is 1. The lowest BCUT2D eigenvalue weighted by Gasteiger charge is -2.10. The Morgan fingerprint density at radius 2 is 1.71 bits per heavy atom. The first-order chi connectivity index (χ1) is 17.1.